The lowest BCUT2D eigenvalue weighted by Gasteiger charge is -2.12. The zero-order chi connectivity index (χ0) is 13.8. The number of rotatable bonds is 5. The summed E-state index contributed by atoms with van der Waals surface area (Å²) in [7, 11) is 4.00. The maximum Gasteiger partial charge on any atom is 0.313 e. The monoisotopic (exact) mass is 294 g/mol. The van der Waals surface area contributed by atoms with E-state index in [1.807, 2.05) is 48.6 Å². The molecule has 0 aliphatic heterocycles. The predicted molar refractivity (Wildman–Crippen MR) is 80.2 cm³/mol. The first-order valence-electron chi connectivity index (χ1n) is 5.64. The zero-order valence-corrected chi connectivity index (χ0v) is 12.3. The summed E-state index contributed by atoms with van der Waals surface area (Å²) in [6.07, 6.45) is 0. The van der Waals surface area contributed by atoms with Gasteiger partial charge in [0.25, 0.3) is 0 Å². The van der Waals surface area contributed by atoms with E-state index < -0.39 is 5.97 Å². The highest BCUT2D eigenvalue weighted by atomic mass is 32.2. The summed E-state index contributed by atoms with van der Waals surface area (Å²) >= 11 is 2.73. The standard InChI is InChI=1S/C13H14N2O2S2/c1-15(2)10-5-3-9(4-6-10)11-7-18-13(14-11)19-8-12(16)17/h3-7H,8H2,1-2H3,(H,16,17). The summed E-state index contributed by atoms with van der Waals surface area (Å²) in [6, 6.07) is 8.13. The van der Waals surface area contributed by atoms with E-state index in [1.54, 1.807) is 0 Å². The molecule has 100 valence electrons. The molecule has 0 saturated carbocycles. The lowest BCUT2D eigenvalue weighted by atomic mass is 10.1. The first-order chi connectivity index (χ1) is 9.06. The van der Waals surface area contributed by atoms with Crippen molar-refractivity contribution in [2.45, 2.75) is 4.34 Å². The van der Waals surface area contributed by atoms with E-state index in [-0.39, 0.29) is 5.75 Å². The number of hydrogen-bond donors (Lipinski definition) is 1. The third kappa shape index (κ3) is 3.71. The fourth-order valence-corrected chi connectivity index (χ4v) is 3.07. The van der Waals surface area contributed by atoms with E-state index in [9.17, 15) is 4.79 Å². The van der Waals surface area contributed by atoms with Gasteiger partial charge in [0.15, 0.2) is 4.34 Å². The Labute approximate surface area is 120 Å². The second kappa shape index (κ2) is 6.08. The van der Waals surface area contributed by atoms with Crippen LogP contribution in [0.25, 0.3) is 11.3 Å². The van der Waals surface area contributed by atoms with Crippen molar-refractivity contribution in [3.8, 4) is 11.3 Å². The van der Waals surface area contributed by atoms with Gasteiger partial charge in [0.2, 0.25) is 0 Å². The molecule has 0 aliphatic carbocycles. The minimum Gasteiger partial charge on any atom is -0.481 e. The molecule has 2 rings (SSSR count). The number of carboxylic acid groups (broad SMARTS) is 1. The van der Waals surface area contributed by atoms with Crippen molar-refractivity contribution in [3.05, 3.63) is 29.6 Å². The molecule has 0 spiro atoms. The van der Waals surface area contributed by atoms with Crippen molar-refractivity contribution >= 4 is 34.8 Å². The molecule has 0 radical (unpaired) electrons. The van der Waals surface area contributed by atoms with E-state index >= 15 is 0 Å². The Morgan fingerprint density at radius 2 is 2.05 bits per heavy atom. The normalized spacial score (nSPS) is 10.4. The van der Waals surface area contributed by atoms with Gasteiger partial charge in [-0.05, 0) is 12.1 Å². The number of aromatic nitrogens is 1. The van der Waals surface area contributed by atoms with Gasteiger partial charge in [-0.2, -0.15) is 0 Å². The summed E-state index contributed by atoms with van der Waals surface area (Å²) < 4.78 is 0.786. The second-order valence-corrected chi connectivity index (χ2v) is 6.20. The van der Waals surface area contributed by atoms with Crippen LogP contribution >= 0.6 is 23.1 Å². The van der Waals surface area contributed by atoms with Crippen LogP contribution in [0.15, 0.2) is 34.0 Å². The Balaban J connectivity index is 2.11. The van der Waals surface area contributed by atoms with E-state index in [4.69, 9.17) is 5.11 Å². The van der Waals surface area contributed by atoms with Gasteiger partial charge in [-0.1, -0.05) is 23.9 Å². The van der Waals surface area contributed by atoms with Crippen molar-refractivity contribution in [1.29, 1.82) is 0 Å². The number of benzene rings is 1. The topological polar surface area (TPSA) is 53.4 Å². The van der Waals surface area contributed by atoms with E-state index in [0.717, 1.165) is 21.3 Å². The number of thiazole rings is 1. The van der Waals surface area contributed by atoms with Crippen LogP contribution in [0, 0.1) is 0 Å². The van der Waals surface area contributed by atoms with Crippen molar-refractivity contribution in [3.63, 3.8) is 0 Å². The number of anilines is 1. The summed E-state index contributed by atoms with van der Waals surface area (Å²) in [5.41, 5.74) is 3.08. The van der Waals surface area contributed by atoms with Crippen LogP contribution in [-0.2, 0) is 4.79 Å². The second-order valence-electron chi connectivity index (χ2n) is 4.12. The van der Waals surface area contributed by atoms with E-state index in [2.05, 4.69) is 4.98 Å². The van der Waals surface area contributed by atoms with Gasteiger partial charge < -0.3 is 10.0 Å². The maximum absolute atomic E-state index is 10.5. The number of aliphatic carboxylic acids is 1. The minimum absolute atomic E-state index is 0.0481. The van der Waals surface area contributed by atoms with Crippen molar-refractivity contribution in [2.24, 2.45) is 0 Å². The van der Waals surface area contributed by atoms with Crippen LogP contribution in [0.3, 0.4) is 0 Å². The van der Waals surface area contributed by atoms with Gasteiger partial charge in [0.1, 0.15) is 0 Å². The molecule has 0 bridgehead atoms. The average molecular weight is 294 g/mol. The van der Waals surface area contributed by atoms with Crippen LogP contribution in [0.2, 0.25) is 0 Å². The molecule has 1 aromatic carbocycles. The number of carbonyl (C=O) groups is 1. The largest absolute Gasteiger partial charge is 0.481 e. The molecule has 2 aromatic rings. The summed E-state index contributed by atoms with van der Waals surface area (Å²) in [5.74, 6) is -0.774. The fraction of sp³-hybridized carbons (Fsp3) is 0.231. The molecule has 1 heterocycles. The Bertz CT molecular complexity index is 564. The number of thioether (sulfide) groups is 1. The molecular formula is C13H14N2O2S2. The van der Waals surface area contributed by atoms with Crippen molar-refractivity contribution in [2.75, 3.05) is 24.7 Å². The predicted octanol–water partition coefficient (Wildman–Crippen LogP) is 3.05. The van der Waals surface area contributed by atoms with Crippen LogP contribution in [0.4, 0.5) is 5.69 Å². The zero-order valence-electron chi connectivity index (χ0n) is 10.7. The molecule has 1 N–H and O–H groups in total. The minimum atomic E-state index is -0.822. The Kier molecular flexibility index (Phi) is 4.44. The molecule has 6 heteroatoms. The van der Waals surface area contributed by atoms with Crippen LogP contribution in [0.5, 0.6) is 0 Å². The van der Waals surface area contributed by atoms with E-state index in [0.29, 0.717) is 0 Å². The molecule has 1 aromatic heterocycles. The summed E-state index contributed by atoms with van der Waals surface area (Å²) in [5, 5.41) is 10.6. The molecule has 0 aliphatic rings. The highest BCUT2D eigenvalue weighted by molar-refractivity contribution is 8.01. The van der Waals surface area contributed by atoms with Gasteiger partial charge in [-0.3, -0.25) is 4.79 Å². The fourth-order valence-electron chi connectivity index (χ4n) is 1.51. The molecule has 0 amide bonds. The molecular weight excluding hydrogens is 280 g/mol. The lowest BCUT2D eigenvalue weighted by Crippen LogP contribution is -2.07. The Morgan fingerprint density at radius 1 is 1.37 bits per heavy atom. The Hall–Kier alpha value is -1.53. The molecule has 4 nitrogen and oxygen atoms in total. The Morgan fingerprint density at radius 3 is 2.63 bits per heavy atom. The quantitative estimate of drug-likeness (QED) is 0.859. The molecule has 19 heavy (non-hydrogen) atoms. The molecule has 0 atom stereocenters. The SMILES string of the molecule is CN(C)c1ccc(-c2csc(SCC(=O)O)n2)cc1. The first kappa shape index (κ1) is 13.9. The summed E-state index contributed by atoms with van der Waals surface area (Å²) in [4.78, 5) is 17.0. The molecule has 0 saturated heterocycles. The maximum atomic E-state index is 10.5. The summed E-state index contributed by atoms with van der Waals surface area (Å²) in [6.45, 7) is 0. The van der Waals surface area contributed by atoms with E-state index in [1.165, 1.54) is 23.1 Å². The molecule has 0 unspecified atom stereocenters. The lowest BCUT2D eigenvalue weighted by molar-refractivity contribution is -0.133. The van der Waals surface area contributed by atoms with Crippen molar-refractivity contribution < 1.29 is 9.90 Å². The van der Waals surface area contributed by atoms with Gasteiger partial charge in [0, 0.05) is 30.7 Å². The van der Waals surface area contributed by atoms with Gasteiger partial charge in [0.05, 0.1) is 11.4 Å². The van der Waals surface area contributed by atoms with Crippen LogP contribution < -0.4 is 4.90 Å². The highest BCUT2D eigenvalue weighted by Crippen LogP contribution is 2.29. The first-order valence-corrected chi connectivity index (χ1v) is 7.50. The smallest absolute Gasteiger partial charge is 0.313 e. The van der Waals surface area contributed by atoms with Gasteiger partial charge in [-0.25, -0.2) is 4.98 Å². The van der Waals surface area contributed by atoms with Crippen LogP contribution in [-0.4, -0.2) is 35.9 Å². The highest BCUT2D eigenvalue weighted by Gasteiger charge is 2.07. The third-order valence-corrected chi connectivity index (χ3v) is 4.49. The average Bonchev–Trinajstić information content (AvgIpc) is 2.85. The number of nitrogens with zero attached hydrogens (tertiary/aromatic N) is 2. The third-order valence-electron chi connectivity index (χ3n) is 2.48. The van der Waals surface area contributed by atoms with Gasteiger partial charge >= 0.3 is 5.97 Å². The number of hydrogen-bond acceptors (Lipinski definition) is 5. The van der Waals surface area contributed by atoms with Gasteiger partial charge in [-0.15, -0.1) is 11.3 Å². The van der Waals surface area contributed by atoms with Crippen molar-refractivity contribution in [1.82, 2.24) is 4.98 Å². The number of carboxylic acids is 1. The van der Waals surface area contributed by atoms with Crippen LogP contribution in [0.1, 0.15) is 0 Å². The molecule has 0 fully saturated rings.